The number of amides is 1. The number of halogens is 2. The zero-order valence-corrected chi connectivity index (χ0v) is 17.2. The third-order valence-corrected chi connectivity index (χ3v) is 4.83. The van der Waals surface area contributed by atoms with Gasteiger partial charge in [-0.1, -0.05) is 24.6 Å². The van der Waals surface area contributed by atoms with E-state index in [0.29, 0.717) is 40.8 Å². The lowest BCUT2D eigenvalue weighted by molar-refractivity contribution is 0.0754. The molecule has 3 rings (SSSR count). The second-order valence-electron chi connectivity index (χ2n) is 6.63. The summed E-state index contributed by atoms with van der Waals surface area (Å²) in [4.78, 5) is 19.5. The van der Waals surface area contributed by atoms with Crippen LogP contribution >= 0.6 is 11.6 Å². The van der Waals surface area contributed by atoms with Crippen molar-refractivity contribution < 1.29 is 13.9 Å². The Bertz CT molecular complexity index is 1050. The average molecular weight is 416 g/mol. The summed E-state index contributed by atoms with van der Waals surface area (Å²) < 4.78 is 21.0. The van der Waals surface area contributed by atoms with Crippen molar-refractivity contribution >= 4 is 28.5 Å². The quantitative estimate of drug-likeness (QED) is 0.482. The van der Waals surface area contributed by atoms with Crippen molar-refractivity contribution in [2.24, 2.45) is 0 Å². The van der Waals surface area contributed by atoms with Crippen molar-refractivity contribution in [3.63, 3.8) is 0 Å². The van der Waals surface area contributed by atoms with Crippen LogP contribution in [0.2, 0.25) is 5.02 Å². The Kier molecular flexibility index (Phi) is 6.54. The van der Waals surface area contributed by atoms with Gasteiger partial charge in [0, 0.05) is 24.2 Å². The van der Waals surface area contributed by atoms with Crippen molar-refractivity contribution in [3.05, 3.63) is 71.3 Å². The third-order valence-electron chi connectivity index (χ3n) is 4.60. The fraction of sp³-hybridized carbons (Fsp3) is 0.273. The highest BCUT2D eigenvalue weighted by atomic mass is 35.5. The molecule has 0 aliphatic carbocycles. The Labute approximate surface area is 174 Å². The molecule has 1 amide bonds. The van der Waals surface area contributed by atoms with Crippen molar-refractivity contribution in [1.82, 2.24) is 14.5 Å². The topological polar surface area (TPSA) is 47.4 Å². The molecule has 29 heavy (non-hydrogen) atoms. The lowest BCUT2D eigenvalue weighted by Gasteiger charge is -2.22. The van der Waals surface area contributed by atoms with Crippen LogP contribution in [-0.4, -0.2) is 34.0 Å². The molecule has 0 aliphatic rings. The number of imidazole rings is 1. The highest BCUT2D eigenvalue weighted by molar-refractivity contribution is 6.31. The van der Waals surface area contributed by atoms with Crippen LogP contribution in [0.5, 0.6) is 5.75 Å². The van der Waals surface area contributed by atoms with Gasteiger partial charge in [-0.25, -0.2) is 9.37 Å². The highest BCUT2D eigenvalue weighted by Crippen LogP contribution is 2.25. The van der Waals surface area contributed by atoms with Crippen molar-refractivity contribution in [2.45, 2.75) is 26.4 Å². The minimum Gasteiger partial charge on any atom is -0.496 e. The molecule has 0 saturated carbocycles. The zero-order chi connectivity index (χ0) is 21.0. The van der Waals surface area contributed by atoms with Crippen LogP contribution in [0.25, 0.3) is 11.0 Å². The fourth-order valence-corrected chi connectivity index (χ4v) is 3.48. The molecule has 152 valence electrons. The number of benzene rings is 2. The first-order chi connectivity index (χ1) is 14.0. The molecule has 7 heteroatoms. The van der Waals surface area contributed by atoms with Gasteiger partial charge in [0.05, 0.1) is 30.3 Å². The summed E-state index contributed by atoms with van der Waals surface area (Å²) in [7, 11) is 1.51. The SMILES string of the molecule is C=CCN(Cc1nc2cc(F)ccc2n1CCC)C(=O)c1cc(Cl)ccc1OC. The van der Waals surface area contributed by atoms with Gasteiger partial charge in [0.15, 0.2) is 0 Å². The van der Waals surface area contributed by atoms with Gasteiger partial charge in [0.2, 0.25) is 0 Å². The second kappa shape index (κ2) is 9.09. The smallest absolute Gasteiger partial charge is 0.258 e. The first-order valence-corrected chi connectivity index (χ1v) is 9.74. The monoisotopic (exact) mass is 415 g/mol. The summed E-state index contributed by atoms with van der Waals surface area (Å²) in [5, 5.41) is 0.446. The Hall–Kier alpha value is -2.86. The summed E-state index contributed by atoms with van der Waals surface area (Å²) in [6.07, 6.45) is 2.54. The molecule has 0 saturated heterocycles. The molecule has 0 unspecified atom stereocenters. The molecule has 0 N–H and O–H groups in total. The lowest BCUT2D eigenvalue weighted by Crippen LogP contribution is -2.32. The van der Waals surface area contributed by atoms with E-state index in [0.717, 1.165) is 11.9 Å². The maximum Gasteiger partial charge on any atom is 0.258 e. The Morgan fingerprint density at radius 2 is 2.14 bits per heavy atom. The number of fused-ring (bicyclic) bond motifs is 1. The molecule has 1 heterocycles. The molecule has 3 aromatic rings. The van der Waals surface area contributed by atoms with E-state index >= 15 is 0 Å². The van der Waals surface area contributed by atoms with Crippen LogP contribution in [0, 0.1) is 5.82 Å². The first kappa shape index (κ1) is 20.9. The molecule has 0 aliphatic heterocycles. The molecule has 0 atom stereocenters. The number of hydrogen-bond acceptors (Lipinski definition) is 3. The minimum absolute atomic E-state index is 0.245. The maximum atomic E-state index is 13.7. The standard InChI is InChI=1S/C22H23ClFN3O2/c1-4-10-26(22(28)17-12-15(23)6-9-20(17)29-3)14-21-25-18-13-16(24)7-8-19(18)27(21)11-5-2/h4,6-9,12-13H,1,5,10-11,14H2,2-3H3. The third kappa shape index (κ3) is 4.43. The molecule has 0 bridgehead atoms. The maximum absolute atomic E-state index is 13.7. The summed E-state index contributed by atoms with van der Waals surface area (Å²) in [5.74, 6) is 0.541. The van der Waals surface area contributed by atoms with E-state index in [1.807, 2.05) is 4.57 Å². The van der Waals surface area contributed by atoms with Gasteiger partial charge in [0.25, 0.3) is 5.91 Å². The number of nitrogens with zero attached hydrogens (tertiary/aromatic N) is 3. The predicted molar refractivity (Wildman–Crippen MR) is 113 cm³/mol. The van der Waals surface area contributed by atoms with E-state index in [1.165, 1.54) is 19.2 Å². The van der Waals surface area contributed by atoms with Crippen LogP contribution in [0.4, 0.5) is 4.39 Å². The van der Waals surface area contributed by atoms with Crippen LogP contribution in [-0.2, 0) is 13.1 Å². The first-order valence-electron chi connectivity index (χ1n) is 9.36. The van der Waals surface area contributed by atoms with E-state index < -0.39 is 0 Å². The van der Waals surface area contributed by atoms with E-state index in [-0.39, 0.29) is 18.3 Å². The van der Waals surface area contributed by atoms with Crippen molar-refractivity contribution in [2.75, 3.05) is 13.7 Å². The number of aromatic nitrogens is 2. The largest absolute Gasteiger partial charge is 0.496 e. The van der Waals surface area contributed by atoms with Gasteiger partial charge >= 0.3 is 0 Å². The van der Waals surface area contributed by atoms with Gasteiger partial charge in [-0.15, -0.1) is 6.58 Å². The van der Waals surface area contributed by atoms with E-state index in [9.17, 15) is 9.18 Å². The van der Waals surface area contributed by atoms with Gasteiger partial charge in [-0.2, -0.15) is 0 Å². The Morgan fingerprint density at radius 1 is 1.34 bits per heavy atom. The van der Waals surface area contributed by atoms with Gasteiger partial charge < -0.3 is 14.2 Å². The number of rotatable bonds is 8. The molecule has 0 radical (unpaired) electrons. The van der Waals surface area contributed by atoms with E-state index in [2.05, 4.69) is 18.5 Å². The Balaban J connectivity index is 2.01. The van der Waals surface area contributed by atoms with Crippen LogP contribution in [0.1, 0.15) is 29.5 Å². The van der Waals surface area contributed by atoms with Crippen LogP contribution < -0.4 is 4.74 Å². The number of aryl methyl sites for hydroxylation is 1. The van der Waals surface area contributed by atoms with Crippen LogP contribution in [0.3, 0.4) is 0 Å². The number of methoxy groups -OCH3 is 1. The van der Waals surface area contributed by atoms with Crippen molar-refractivity contribution in [1.29, 1.82) is 0 Å². The average Bonchev–Trinajstić information content (AvgIpc) is 3.03. The minimum atomic E-state index is -0.340. The van der Waals surface area contributed by atoms with E-state index in [4.69, 9.17) is 16.3 Å². The number of hydrogen-bond donors (Lipinski definition) is 0. The predicted octanol–water partition coefficient (Wildman–Crippen LogP) is 5.08. The van der Waals surface area contributed by atoms with Crippen molar-refractivity contribution in [3.8, 4) is 5.75 Å². The number of ether oxygens (including phenoxy) is 1. The lowest BCUT2D eigenvalue weighted by atomic mass is 10.1. The molecular formula is C22H23ClFN3O2. The number of carbonyl (C=O) groups excluding carboxylic acids is 1. The fourth-order valence-electron chi connectivity index (χ4n) is 3.31. The zero-order valence-electron chi connectivity index (χ0n) is 16.5. The normalized spacial score (nSPS) is 10.9. The molecule has 0 fully saturated rings. The van der Waals surface area contributed by atoms with Gasteiger partial charge in [-0.3, -0.25) is 4.79 Å². The second-order valence-corrected chi connectivity index (χ2v) is 7.07. The molecule has 5 nitrogen and oxygen atoms in total. The van der Waals surface area contributed by atoms with Gasteiger partial charge in [-0.05, 0) is 36.8 Å². The van der Waals surface area contributed by atoms with Crippen LogP contribution in [0.15, 0.2) is 49.1 Å². The highest BCUT2D eigenvalue weighted by Gasteiger charge is 2.22. The summed E-state index contributed by atoms with van der Waals surface area (Å²) in [5.41, 5.74) is 1.78. The summed E-state index contributed by atoms with van der Waals surface area (Å²) in [6, 6.07) is 9.47. The van der Waals surface area contributed by atoms with E-state index in [1.54, 1.807) is 35.2 Å². The Morgan fingerprint density at radius 3 is 2.83 bits per heavy atom. The summed E-state index contributed by atoms with van der Waals surface area (Å²) in [6.45, 7) is 7.10. The van der Waals surface area contributed by atoms with Gasteiger partial charge in [0.1, 0.15) is 17.4 Å². The molecule has 2 aromatic carbocycles. The molecular weight excluding hydrogens is 393 g/mol. The molecule has 1 aromatic heterocycles. The summed E-state index contributed by atoms with van der Waals surface area (Å²) >= 11 is 6.10. The number of carbonyl (C=O) groups is 1. The molecule has 0 spiro atoms.